The van der Waals surface area contributed by atoms with Crippen LogP contribution < -0.4 is 13.6 Å². The molecule has 0 aliphatic heterocycles. The van der Waals surface area contributed by atoms with Gasteiger partial charge in [-0.1, -0.05) is 67.9 Å². The van der Waals surface area contributed by atoms with Crippen molar-refractivity contribution in [2.24, 2.45) is 0 Å². The summed E-state index contributed by atoms with van der Waals surface area (Å²) in [6.45, 7) is 6.10. The summed E-state index contributed by atoms with van der Waals surface area (Å²) in [6.07, 6.45) is 3.26. The zero-order valence-electron chi connectivity index (χ0n) is 19.3. The minimum Gasteiger partial charge on any atom is -0.386 e. The Kier molecular flexibility index (Phi) is 7.05. The molecule has 0 saturated carbocycles. The van der Waals surface area contributed by atoms with Gasteiger partial charge in [0.15, 0.2) is 0 Å². The van der Waals surface area contributed by atoms with Crippen LogP contribution in [0.25, 0.3) is 10.8 Å². The molecule has 0 aliphatic rings. The molecule has 4 nitrogen and oxygen atoms in total. The molecule has 170 valence electrons. The monoisotopic (exact) mass is 460 g/mol. The van der Waals surface area contributed by atoms with Crippen LogP contribution in [-0.4, -0.2) is 0 Å². The van der Waals surface area contributed by atoms with Crippen LogP contribution >= 0.6 is 7.82 Å². The standard InChI is InChI=1S/C28H29O4P/c1-4-5-9-23-14-16-25(17-15-23)30-33(29,31-26-19-21(2)18-22(3)20-26)32-28-13-8-11-24-10-6-7-12-27(24)28/h6-8,10-20H,4-5,9H2,1-3H3. The lowest BCUT2D eigenvalue weighted by molar-refractivity contribution is 0.299. The highest BCUT2D eigenvalue weighted by atomic mass is 31.2. The van der Waals surface area contributed by atoms with E-state index in [2.05, 4.69) is 6.92 Å². The zero-order chi connectivity index (χ0) is 23.3. The van der Waals surface area contributed by atoms with Gasteiger partial charge in [-0.25, -0.2) is 0 Å². The van der Waals surface area contributed by atoms with Gasteiger partial charge in [-0.15, -0.1) is 0 Å². The number of hydrogen-bond donors (Lipinski definition) is 0. The Bertz CT molecular complexity index is 1260. The van der Waals surface area contributed by atoms with Crippen molar-refractivity contribution in [2.45, 2.75) is 40.0 Å². The maximum Gasteiger partial charge on any atom is 0.647 e. The summed E-state index contributed by atoms with van der Waals surface area (Å²) >= 11 is 0. The zero-order valence-corrected chi connectivity index (χ0v) is 20.2. The average Bonchev–Trinajstić information content (AvgIpc) is 2.78. The maximum atomic E-state index is 14.0. The van der Waals surface area contributed by atoms with Crippen LogP contribution in [0.15, 0.2) is 84.9 Å². The fourth-order valence-corrected chi connectivity index (χ4v) is 5.05. The summed E-state index contributed by atoms with van der Waals surface area (Å²) in [5.41, 5.74) is 3.22. The Morgan fingerprint density at radius 2 is 1.39 bits per heavy atom. The lowest BCUT2D eigenvalue weighted by atomic mass is 10.1. The number of unbranched alkanes of at least 4 members (excludes halogenated alkanes) is 1. The Labute approximate surface area is 195 Å². The van der Waals surface area contributed by atoms with E-state index in [1.54, 1.807) is 6.07 Å². The number of phosphoric acid groups is 1. The van der Waals surface area contributed by atoms with Crippen LogP contribution in [-0.2, 0) is 11.0 Å². The van der Waals surface area contributed by atoms with Crippen LogP contribution in [0.2, 0.25) is 0 Å². The smallest absolute Gasteiger partial charge is 0.386 e. The predicted octanol–water partition coefficient (Wildman–Crippen LogP) is 8.44. The van der Waals surface area contributed by atoms with E-state index in [9.17, 15) is 4.57 Å². The van der Waals surface area contributed by atoms with E-state index in [1.807, 2.05) is 92.7 Å². The van der Waals surface area contributed by atoms with Crippen LogP contribution in [0.1, 0.15) is 36.5 Å². The van der Waals surface area contributed by atoms with E-state index < -0.39 is 7.82 Å². The third-order valence-corrected chi connectivity index (χ3v) is 6.62. The van der Waals surface area contributed by atoms with E-state index in [0.29, 0.717) is 17.2 Å². The first kappa shape index (κ1) is 22.9. The second-order valence-corrected chi connectivity index (χ2v) is 9.71. The molecule has 0 amide bonds. The van der Waals surface area contributed by atoms with Crippen molar-refractivity contribution >= 4 is 18.6 Å². The molecule has 0 spiro atoms. The number of rotatable bonds is 9. The number of hydrogen-bond acceptors (Lipinski definition) is 4. The molecular formula is C28H29O4P. The molecule has 33 heavy (non-hydrogen) atoms. The van der Waals surface area contributed by atoms with E-state index in [4.69, 9.17) is 13.6 Å². The number of aryl methyl sites for hydroxylation is 3. The van der Waals surface area contributed by atoms with Gasteiger partial charge in [0.2, 0.25) is 0 Å². The second kappa shape index (κ2) is 10.1. The van der Waals surface area contributed by atoms with E-state index in [0.717, 1.165) is 41.2 Å². The maximum absolute atomic E-state index is 14.0. The minimum atomic E-state index is -4.07. The van der Waals surface area contributed by atoms with Gasteiger partial charge in [0.05, 0.1) is 0 Å². The summed E-state index contributed by atoms with van der Waals surface area (Å²) in [7, 11) is -4.07. The molecule has 1 atom stereocenters. The quantitative estimate of drug-likeness (QED) is 0.235. The van der Waals surface area contributed by atoms with Crippen molar-refractivity contribution in [3.63, 3.8) is 0 Å². The lowest BCUT2D eigenvalue weighted by Crippen LogP contribution is -2.08. The molecule has 0 aliphatic carbocycles. The molecule has 0 heterocycles. The second-order valence-electron chi connectivity index (χ2n) is 8.27. The lowest BCUT2D eigenvalue weighted by Gasteiger charge is -2.21. The number of phosphoric ester groups is 1. The molecule has 4 aromatic rings. The van der Waals surface area contributed by atoms with Gasteiger partial charge < -0.3 is 13.6 Å². The topological polar surface area (TPSA) is 44.8 Å². The summed E-state index contributed by atoms with van der Waals surface area (Å²) in [5, 5.41) is 1.82. The predicted molar refractivity (Wildman–Crippen MR) is 134 cm³/mol. The Morgan fingerprint density at radius 1 is 0.727 bits per heavy atom. The summed E-state index contributed by atoms with van der Waals surface area (Å²) in [5.74, 6) is 1.32. The molecular weight excluding hydrogens is 431 g/mol. The molecule has 5 heteroatoms. The molecule has 1 unspecified atom stereocenters. The highest BCUT2D eigenvalue weighted by Crippen LogP contribution is 2.51. The van der Waals surface area contributed by atoms with Gasteiger partial charge in [-0.2, -0.15) is 4.57 Å². The summed E-state index contributed by atoms with van der Waals surface area (Å²) in [4.78, 5) is 0. The third-order valence-electron chi connectivity index (χ3n) is 5.33. The molecule has 0 N–H and O–H groups in total. The fourth-order valence-electron chi connectivity index (χ4n) is 3.79. The Morgan fingerprint density at radius 3 is 2.12 bits per heavy atom. The van der Waals surface area contributed by atoms with Crippen LogP contribution in [0.5, 0.6) is 17.2 Å². The van der Waals surface area contributed by atoms with Crippen LogP contribution in [0, 0.1) is 13.8 Å². The largest absolute Gasteiger partial charge is 0.647 e. The SMILES string of the molecule is CCCCc1ccc(OP(=O)(Oc2cc(C)cc(C)c2)Oc2cccc3ccccc23)cc1. The highest BCUT2D eigenvalue weighted by Gasteiger charge is 2.34. The molecule has 0 radical (unpaired) electrons. The molecule has 4 aromatic carbocycles. The Balaban J connectivity index is 1.67. The van der Waals surface area contributed by atoms with Gasteiger partial charge in [0.25, 0.3) is 0 Å². The van der Waals surface area contributed by atoms with Crippen molar-refractivity contribution in [1.82, 2.24) is 0 Å². The van der Waals surface area contributed by atoms with E-state index in [1.165, 1.54) is 5.56 Å². The first-order valence-electron chi connectivity index (χ1n) is 11.3. The molecule has 0 saturated heterocycles. The molecule has 0 fully saturated rings. The van der Waals surface area contributed by atoms with E-state index in [-0.39, 0.29) is 0 Å². The van der Waals surface area contributed by atoms with Crippen molar-refractivity contribution < 1.29 is 18.1 Å². The summed E-state index contributed by atoms with van der Waals surface area (Å²) < 4.78 is 31.8. The molecule has 0 aromatic heterocycles. The van der Waals surface area contributed by atoms with Crippen molar-refractivity contribution in [3.8, 4) is 17.2 Å². The highest BCUT2D eigenvalue weighted by molar-refractivity contribution is 7.49. The minimum absolute atomic E-state index is 0.434. The van der Waals surface area contributed by atoms with E-state index >= 15 is 0 Å². The summed E-state index contributed by atoms with van der Waals surface area (Å²) in [6, 6.07) is 26.7. The number of fused-ring (bicyclic) bond motifs is 1. The van der Waals surface area contributed by atoms with Crippen molar-refractivity contribution in [3.05, 3.63) is 102 Å². The normalized spacial score (nSPS) is 12.8. The van der Waals surface area contributed by atoms with Crippen molar-refractivity contribution in [1.29, 1.82) is 0 Å². The van der Waals surface area contributed by atoms with Gasteiger partial charge >= 0.3 is 7.82 Å². The van der Waals surface area contributed by atoms with Gasteiger partial charge in [-0.05, 0) is 79.1 Å². The van der Waals surface area contributed by atoms with Gasteiger partial charge in [0, 0.05) is 5.39 Å². The third kappa shape index (κ3) is 5.97. The first-order chi connectivity index (χ1) is 15.9. The van der Waals surface area contributed by atoms with Crippen LogP contribution in [0.4, 0.5) is 0 Å². The Hall–Kier alpha value is -3.23. The molecule has 4 rings (SSSR count). The van der Waals surface area contributed by atoms with Gasteiger partial charge in [0.1, 0.15) is 17.2 Å². The van der Waals surface area contributed by atoms with Crippen molar-refractivity contribution in [2.75, 3.05) is 0 Å². The molecule has 0 bridgehead atoms. The first-order valence-corrected chi connectivity index (χ1v) is 12.7. The fraction of sp³-hybridized carbons (Fsp3) is 0.214. The van der Waals surface area contributed by atoms with Gasteiger partial charge in [-0.3, -0.25) is 0 Å². The number of benzene rings is 4. The average molecular weight is 461 g/mol. The van der Waals surface area contributed by atoms with Crippen LogP contribution in [0.3, 0.4) is 0 Å².